The molecule has 0 saturated heterocycles. The first kappa shape index (κ1) is 26.0. The number of fused-ring (bicyclic) bond motifs is 3. The van der Waals surface area contributed by atoms with Gasteiger partial charge in [0.15, 0.2) is 0 Å². The van der Waals surface area contributed by atoms with Crippen LogP contribution in [-0.4, -0.2) is 34.3 Å². The van der Waals surface area contributed by atoms with Crippen molar-refractivity contribution in [3.63, 3.8) is 0 Å². The molecule has 0 aromatic heterocycles. The number of hydrogen-bond donors (Lipinski definition) is 3. The van der Waals surface area contributed by atoms with Crippen molar-refractivity contribution in [2.45, 2.75) is 105 Å². The van der Waals surface area contributed by atoms with Gasteiger partial charge in [-0.25, -0.2) is 0 Å². The fourth-order valence-electron chi connectivity index (χ4n) is 8.55. The van der Waals surface area contributed by atoms with Crippen molar-refractivity contribution in [2.24, 2.45) is 57.4 Å². The predicted molar refractivity (Wildman–Crippen MR) is 132 cm³/mol. The summed E-state index contributed by atoms with van der Waals surface area (Å²) in [6.07, 6.45) is 13.1. The molecule has 3 fully saturated rings. The molecule has 3 rings (SSSR count). The second-order valence-electron chi connectivity index (χ2n) is 12.7. The lowest BCUT2D eigenvalue weighted by Crippen LogP contribution is -2.52. The minimum absolute atomic E-state index is 0.0311. The highest BCUT2D eigenvalue weighted by atomic mass is 16.4. The molecular weight excluding hydrogens is 398 g/mol. The number of rotatable bonds is 10. The summed E-state index contributed by atoms with van der Waals surface area (Å²) >= 11 is 0. The summed E-state index contributed by atoms with van der Waals surface area (Å²) < 4.78 is 0. The molecule has 4 nitrogen and oxygen atoms in total. The average molecular weight is 450 g/mol. The molecule has 0 aliphatic heterocycles. The summed E-state index contributed by atoms with van der Waals surface area (Å²) in [5.74, 6) is 4.50. The highest BCUT2D eigenvalue weighted by Gasteiger charge is 2.59. The van der Waals surface area contributed by atoms with Crippen LogP contribution < -0.4 is 0 Å². The van der Waals surface area contributed by atoms with Crippen molar-refractivity contribution >= 4 is 5.71 Å². The average Bonchev–Trinajstić information content (AvgIpc) is 3.12. The maximum atomic E-state index is 9.86. The van der Waals surface area contributed by atoms with E-state index in [0.29, 0.717) is 11.3 Å². The third-order valence-electron chi connectivity index (χ3n) is 10.5. The van der Waals surface area contributed by atoms with Crippen molar-refractivity contribution < 1.29 is 15.4 Å². The second kappa shape index (κ2) is 10.8. The molecule has 3 saturated carbocycles. The first-order valence-electron chi connectivity index (χ1n) is 13.6. The Morgan fingerprint density at radius 1 is 0.938 bits per heavy atom. The molecule has 0 spiro atoms. The minimum Gasteiger partial charge on any atom is -0.411 e. The van der Waals surface area contributed by atoms with Crippen molar-refractivity contribution in [1.29, 1.82) is 0 Å². The van der Waals surface area contributed by atoms with Gasteiger partial charge in [0.2, 0.25) is 0 Å². The lowest BCUT2D eigenvalue weighted by atomic mass is 9.47. The van der Waals surface area contributed by atoms with Crippen molar-refractivity contribution in [2.75, 3.05) is 13.2 Å². The standard InChI is InChI=1S/C28H51NO3/c1-19(2)7-6-8-20(3)23-10-11-24-22-9-12-26(29-32)28(5,15-13-21(17-30)18-31)25(22)14-16-27(23,24)4/h19-25,30-32H,6-18H2,1-5H3/t20-,22+,23-,24+,25+,27-,28-/m1/s1. The van der Waals surface area contributed by atoms with Gasteiger partial charge in [0, 0.05) is 24.5 Å². The summed E-state index contributed by atoms with van der Waals surface area (Å²) in [6, 6.07) is 0. The van der Waals surface area contributed by atoms with Crippen LogP contribution in [0.4, 0.5) is 0 Å². The molecule has 3 N–H and O–H groups in total. The van der Waals surface area contributed by atoms with Gasteiger partial charge in [-0.3, -0.25) is 0 Å². The fraction of sp³-hybridized carbons (Fsp3) is 0.964. The van der Waals surface area contributed by atoms with E-state index in [4.69, 9.17) is 0 Å². The predicted octanol–water partition coefficient (Wildman–Crippen LogP) is 6.52. The van der Waals surface area contributed by atoms with E-state index in [1.807, 2.05) is 0 Å². The summed E-state index contributed by atoms with van der Waals surface area (Å²) in [4.78, 5) is 0. The van der Waals surface area contributed by atoms with E-state index in [2.05, 4.69) is 39.8 Å². The van der Waals surface area contributed by atoms with Crippen LogP contribution in [0.3, 0.4) is 0 Å². The Morgan fingerprint density at radius 2 is 1.66 bits per heavy atom. The fourth-order valence-corrected chi connectivity index (χ4v) is 8.55. The third kappa shape index (κ3) is 4.92. The summed E-state index contributed by atoms with van der Waals surface area (Å²) in [5.41, 5.74) is 1.32. The van der Waals surface area contributed by atoms with Crippen molar-refractivity contribution in [3.05, 3.63) is 0 Å². The molecule has 3 aliphatic carbocycles. The van der Waals surface area contributed by atoms with Gasteiger partial charge in [-0.2, -0.15) is 0 Å². The summed E-state index contributed by atoms with van der Waals surface area (Å²) in [6.45, 7) is 12.2. The molecule has 186 valence electrons. The Bertz CT molecular complexity index is 630. The molecule has 3 aliphatic rings. The second-order valence-corrected chi connectivity index (χ2v) is 12.7. The molecule has 0 amide bonds. The number of nitrogens with zero attached hydrogens (tertiary/aromatic N) is 1. The Labute approximate surface area is 197 Å². The quantitative estimate of drug-likeness (QED) is 0.262. The van der Waals surface area contributed by atoms with Gasteiger partial charge < -0.3 is 15.4 Å². The molecule has 0 aromatic rings. The van der Waals surface area contributed by atoms with E-state index in [-0.39, 0.29) is 24.5 Å². The Kier molecular flexibility index (Phi) is 8.74. The number of hydrogen-bond acceptors (Lipinski definition) is 4. The van der Waals surface area contributed by atoms with E-state index in [1.165, 1.54) is 44.9 Å². The summed E-state index contributed by atoms with van der Waals surface area (Å²) in [7, 11) is 0. The monoisotopic (exact) mass is 449 g/mol. The van der Waals surface area contributed by atoms with E-state index < -0.39 is 0 Å². The minimum atomic E-state index is -0.109. The van der Waals surface area contributed by atoms with E-state index >= 15 is 0 Å². The van der Waals surface area contributed by atoms with Crippen LogP contribution in [-0.2, 0) is 0 Å². The first-order valence-corrected chi connectivity index (χ1v) is 13.6. The van der Waals surface area contributed by atoms with Crippen LogP contribution >= 0.6 is 0 Å². The van der Waals surface area contributed by atoms with Crippen LogP contribution in [0.5, 0.6) is 0 Å². The van der Waals surface area contributed by atoms with E-state index in [0.717, 1.165) is 61.0 Å². The van der Waals surface area contributed by atoms with Gasteiger partial charge >= 0.3 is 0 Å². The zero-order chi connectivity index (χ0) is 23.5. The number of oxime groups is 1. The van der Waals surface area contributed by atoms with Crippen LogP contribution in [0.15, 0.2) is 5.16 Å². The van der Waals surface area contributed by atoms with Gasteiger partial charge in [-0.05, 0) is 92.3 Å². The maximum absolute atomic E-state index is 9.86. The lowest BCUT2D eigenvalue weighted by Gasteiger charge is -2.57. The molecule has 4 heteroatoms. The summed E-state index contributed by atoms with van der Waals surface area (Å²) in [5, 5.41) is 32.8. The third-order valence-corrected chi connectivity index (χ3v) is 10.5. The Morgan fingerprint density at radius 3 is 2.28 bits per heavy atom. The van der Waals surface area contributed by atoms with Gasteiger partial charge in [0.05, 0.1) is 5.71 Å². The zero-order valence-electron chi connectivity index (χ0n) is 21.5. The van der Waals surface area contributed by atoms with Crippen molar-refractivity contribution in [3.8, 4) is 0 Å². The zero-order valence-corrected chi connectivity index (χ0v) is 21.5. The molecule has 0 bridgehead atoms. The highest BCUT2D eigenvalue weighted by Crippen LogP contribution is 2.66. The maximum Gasteiger partial charge on any atom is 0.0632 e. The molecule has 0 unspecified atom stereocenters. The topological polar surface area (TPSA) is 73.1 Å². The van der Waals surface area contributed by atoms with Gasteiger partial charge in [0.25, 0.3) is 0 Å². The van der Waals surface area contributed by atoms with Crippen LogP contribution in [0, 0.1) is 52.3 Å². The van der Waals surface area contributed by atoms with Gasteiger partial charge in [-0.1, -0.05) is 59.0 Å². The number of aliphatic hydroxyl groups is 2. The Hall–Kier alpha value is -0.610. The lowest BCUT2D eigenvalue weighted by molar-refractivity contribution is -0.0468. The van der Waals surface area contributed by atoms with Crippen LogP contribution in [0.1, 0.15) is 105 Å². The molecule has 0 radical (unpaired) electrons. The van der Waals surface area contributed by atoms with E-state index in [1.54, 1.807) is 0 Å². The van der Waals surface area contributed by atoms with E-state index in [9.17, 15) is 15.4 Å². The highest BCUT2D eigenvalue weighted by molar-refractivity contribution is 5.90. The molecule has 0 aromatic carbocycles. The van der Waals surface area contributed by atoms with Crippen LogP contribution in [0.2, 0.25) is 0 Å². The first-order chi connectivity index (χ1) is 15.2. The normalized spacial score (nSPS) is 39.5. The molecule has 32 heavy (non-hydrogen) atoms. The largest absolute Gasteiger partial charge is 0.411 e. The number of aliphatic hydroxyl groups excluding tert-OH is 2. The van der Waals surface area contributed by atoms with Gasteiger partial charge in [0.1, 0.15) is 0 Å². The SMILES string of the molecule is CC(C)CCC[C@@H](C)[C@H]1CC[C@H]2[C@@H]3CCC(=NO)[C@](C)(CCC(CO)CO)[C@H]3CC[C@]12C. The Balaban J connectivity index is 1.74. The smallest absolute Gasteiger partial charge is 0.0632 e. The van der Waals surface area contributed by atoms with Gasteiger partial charge in [-0.15, -0.1) is 0 Å². The molecule has 0 heterocycles. The van der Waals surface area contributed by atoms with Crippen molar-refractivity contribution in [1.82, 2.24) is 0 Å². The van der Waals surface area contributed by atoms with Crippen LogP contribution in [0.25, 0.3) is 0 Å². The molecule has 7 atom stereocenters. The molecular formula is C28H51NO3.